The van der Waals surface area contributed by atoms with E-state index in [-0.39, 0.29) is 22.7 Å². The van der Waals surface area contributed by atoms with Gasteiger partial charge in [-0.15, -0.1) is 0 Å². The van der Waals surface area contributed by atoms with E-state index in [0.717, 1.165) is 11.1 Å². The van der Waals surface area contributed by atoms with Crippen molar-refractivity contribution in [1.82, 2.24) is 4.31 Å². The van der Waals surface area contributed by atoms with Gasteiger partial charge in [0.05, 0.1) is 16.9 Å². The third-order valence-electron chi connectivity index (χ3n) is 5.46. The zero-order chi connectivity index (χ0) is 23.6. The average molecular weight is 468 g/mol. The number of carbonyl (C=O) groups excluding carboxylic acids is 1. The van der Waals surface area contributed by atoms with Crippen molar-refractivity contribution in [3.8, 4) is 5.75 Å². The van der Waals surface area contributed by atoms with E-state index in [0.29, 0.717) is 24.4 Å². The molecule has 0 unspecified atom stereocenters. The van der Waals surface area contributed by atoms with Crippen molar-refractivity contribution in [1.29, 1.82) is 0 Å². The summed E-state index contributed by atoms with van der Waals surface area (Å²) in [5, 5.41) is 13.7. The maximum Gasteiger partial charge on any atom is 0.270 e. The van der Waals surface area contributed by atoms with Crippen molar-refractivity contribution in [2.45, 2.75) is 17.9 Å². The molecule has 4 rings (SSSR count). The van der Waals surface area contributed by atoms with Gasteiger partial charge in [0.2, 0.25) is 10.0 Å². The van der Waals surface area contributed by atoms with Crippen LogP contribution in [0.1, 0.15) is 21.5 Å². The fourth-order valence-corrected chi connectivity index (χ4v) is 5.09. The lowest BCUT2D eigenvalue weighted by molar-refractivity contribution is -0.384. The topological polar surface area (TPSA) is 119 Å². The Labute approximate surface area is 190 Å². The van der Waals surface area contributed by atoms with Gasteiger partial charge in [-0.1, -0.05) is 12.1 Å². The Morgan fingerprint density at radius 1 is 1.06 bits per heavy atom. The van der Waals surface area contributed by atoms with Crippen molar-refractivity contribution in [2.75, 3.05) is 19.0 Å². The summed E-state index contributed by atoms with van der Waals surface area (Å²) in [4.78, 5) is 23.1. The lowest BCUT2D eigenvalue weighted by Crippen LogP contribution is -2.36. The van der Waals surface area contributed by atoms with Crippen LogP contribution in [0.3, 0.4) is 0 Å². The second kappa shape index (κ2) is 9.00. The number of hydrogen-bond acceptors (Lipinski definition) is 6. The number of fused-ring (bicyclic) bond motifs is 1. The predicted octanol–water partition coefficient (Wildman–Crippen LogP) is 3.60. The molecule has 0 atom stereocenters. The van der Waals surface area contributed by atoms with Gasteiger partial charge in [0.15, 0.2) is 0 Å². The van der Waals surface area contributed by atoms with Crippen LogP contribution in [0.25, 0.3) is 0 Å². The molecular weight excluding hydrogens is 446 g/mol. The number of nitro groups is 1. The van der Waals surface area contributed by atoms with E-state index in [1.54, 1.807) is 24.3 Å². The maximum absolute atomic E-state index is 13.1. The Balaban J connectivity index is 1.53. The molecule has 0 spiro atoms. The number of sulfonamides is 1. The second-order valence-corrected chi connectivity index (χ2v) is 9.45. The number of carbonyl (C=O) groups is 1. The molecule has 1 amide bonds. The average Bonchev–Trinajstić information content (AvgIpc) is 2.83. The van der Waals surface area contributed by atoms with Crippen molar-refractivity contribution in [3.63, 3.8) is 0 Å². The Bertz CT molecular complexity index is 1320. The summed E-state index contributed by atoms with van der Waals surface area (Å²) < 4.78 is 32.7. The van der Waals surface area contributed by atoms with Gasteiger partial charge in [0.1, 0.15) is 5.75 Å². The molecule has 1 aliphatic heterocycles. The number of methoxy groups -OCH3 is 1. The van der Waals surface area contributed by atoms with E-state index < -0.39 is 20.9 Å². The number of benzene rings is 3. The van der Waals surface area contributed by atoms with E-state index in [1.807, 2.05) is 6.07 Å². The predicted molar refractivity (Wildman–Crippen MR) is 122 cm³/mol. The smallest absolute Gasteiger partial charge is 0.270 e. The number of nitrogens with one attached hydrogen (secondary N) is 1. The van der Waals surface area contributed by atoms with Crippen LogP contribution in [0.15, 0.2) is 71.6 Å². The minimum absolute atomic E-state index is 0.158. The second-order valence-electron chi connectivity index (χ2n) is 7.51. The first-order valence-corrected chi connectivity index (χ1v) is 11.5. The van der Waals surface area contributed by atoms with Crippen molar-refractivity contribution in [2.24, 2.45) is 0 Å². The third-order valence-corrected chi connectivity index (χ3v) is 7.32. The molecule has 0 radical (unpaired) electrons. The summed E-state index contributed by atoms with van der Waals surface area (Å²) in [6, 6.07) is 17.0. The first-order valence-electron chi connectivity index (χ1n) is 10.1. The molecule has 3 aromatic rings. The lowest BCUT2D eigenvalue weighted by atomic mass is 10.0. The zero-order valence-corrected chi connectivity index (χ0v) is 18.5. The van der Waals surface area contributed by atoms with Crippen LogP contribution in [0, 0.1) is 10.1 Å². The Hall–Kier alpha value is -3.76. The molecule has 170 valence electrons. The number of hydrogen-bond donors (Lipinski definition) is 1. The van der Waals surface area contributed by atoms with Crippen LogP contribution in [-0.2, 0) is 23.0 Å². The van der Waals surface area contributed by atoms with Gasteiger partial charge in [0.25, 0.3) is 11.6 Å². The number of anilines is 1. The van der Waals surface area contributed by atoms with Gasteiger partial charge in [-0.25, -0.2) is 8.42 Å². The minimum Gasteiger partial charge on any atom is -0.497 e. The van der Waals surface area contributed by atoms with Crippen molar-refractivity contribution < 1.29 is 22.9 Å². The molecule has 0 saturated heterocycles. The highest BCUT2D eigenvalue weighted by atomic mass is 32.2. The molecule has 33 heavy (non-hydrogen) atoms. The molecule has 1 heterocycles. The Morgan fingerprint density at radius 3 is 2.52 bits per heavy atom. The summed E-state index contributed by atoms with van der Waals surface area (Å²) in [6.07, 6.45) is 0.545. The van der Waals surface area contributed by atoms with Crippen molar-refractivity contribution >= 4 is 27.3 Å². The van der Waals surface area contributed by atoms with Gasteiger partial charge in [-0.05, 0) is 60.0 Å². The van der Waals surface area contributed by atoms with Crippen LogP contribution < -0.4 is 10.1 Å². The molecule has 0 bridgehead atoms. The molecule has 0 aromatic heterocycles. The highest BCUT2D eigenvalue weighted by molar-refractivity contribution is 7.89. The molecule has 9 nitrogen and oxygen atoms in total. The highest BCUT2D eigenvalue weighted by Crippen LogP contribution is 2.28. The van der Waals surface area contributed by atoms with E-state index in [2.05, 4.69) is 5.32 Å². The number of amides is 1. The summed E-state index contributed by atoms with van der Waals surface area (Å²) in [7, 11) is -2.18. The van der Waals surface area contributed by atoms with E-state index in [1.165, 1.54) is 47.8 Å². The largest absolute Gasteiger partial charge is 0.497 e. The Morgan fingerprint density at radius 2 is 1.82 bits per heavy atom. The molecule has 3 aromatic carbocycles. The molecule has 1 N–H and O–H groups in total. The SMILES string of the molecule is COc1ccc(S(=O)(=O)N2CCc3ccc(NC(=O)c4cccc([N+](=O)[O-])c4)cc3C2)cc1. The first kappa shape index (κ1) is 22.4. The van der Waals surface area contributed by atoms with Gasteiger partial charge in [-0.2, -0.15) is 4.31 Å². The van der Waals surface area contributed by atoms with Crippen LogP contribution in [0.5, 0.6) is 5.75 Å². The molecule has 0 saturated carbocycles. The molecule has 10 heteroatoms. The Kier molecular flexibility index (Phi) is 6.12. The van der Waals surface area contributed by atoms with Gasteiger partial charge >= 0.3 is 0 Å². The van der Waals surface area contributed by atoms with Crippen LogP contribution in [-0.4, -0.2) is 37.2 Å². The van der Waals surface area contributed by atoms with Crippen LogP contribution >= 0.6 is 0 Å². The molecule has 0 aliphatic carbocycles. The summed E-state index contributed by atoms with van der Waals surface area (Å²) >= 11 is 0. The standard InChI is InChI=1S/C23H21N3O6S/c1-32-21-7-9-22(10-8-21)33(30,31)25-12-11-16-5-6-19(13-18(16)15-25)24-23(27)17-3-2-4-20(14-17)26(28)29/h2-10,13-14H,11-12,15H2,1H3,(H,24,27). The normalized spacial score (nSPS) is 13.7. The van der Waals surface area contributed by atoms with Gasteiger partial charge < -0.3 is 10.1 Å². The van der Waals surface area contributed by atoms with Crippen LogP contribution in [0.4, 0.5) is 11.4 Å². The third kappa shape index (κ3) is 4.71. The van der Waals surface area contributed by atoms with Crippen molar-refractivity contribution in [3.05, 3.63) is 93.5 Å². The van der Waals surface area contributed by atoms with Crippen LogP contribution in [0.2, 0.25) is 0 Å². The summed E-state index contributed by atoms with van der Waals surface area (Å²) in [6.45, 7) is 0.519. The number of rotatable bonds is 6. The summed E-state index contributed by atoms with van der Waals surface area (Å²) in [5.41, 5.74) is 2.26. The molecular formula is C23H21N3O6S. The number of ether oxygens (including phenoxy) is 1. The number of nitrogens with zero attached hydrogens (tertiary/aromatic N) is 2. The maximum atomic E-state index is 13.1. The van der Waals surface area contributed by atoms with Gasteiger partial charge in [0, 0.05) is 36.5 Å². The monoisotopic (exact) mass is 467 g/mol. The first-order chi connectivity index (χ1) is 15.8. The summed E-state index contributed by atoms with van der Waals surface area (Å²) in [5.74, 6) is 0.0826. The van der Waals surface area contributed by atoms with Gasteiger partial charge in [-0.3, -0.25) is 14.9 Å². The highest BCUT2D eigenvalue weighted by Gasteiger charge is 2.28. The number of nitro benzene ring substituents is 1. The molecule has 0 fully saturated rings. The fourth-order valence-electron chi connectivity index (χ4n) is 3.67. The quantitative estimate of drug-likeness (QED) is 0.437. The fraction of sp³-hybridized carbons (Fsp3) is 0.174. The van der Waals surface area contributed by atoms with E-state index in [4.69, 9.17) is 4.74 Å². The minimum atomic E-state index is -3.69. The molecule has 1 aliphatic rings. The lowest BCUT2D eigenvalue weighted by Gasteiger charge is -2.28. The van der Waals surface area contributed by atoms with E-state index in [9.17, 15) is 23.3 Å². The number of non-ortho nitro benzene ring substituents is 1. The zero-order valence-electron chi connectivity index (χ0n) is 17.7. The van der Waals surface area contributed by atoms with E-state index >= 15 is 0 Å².